The number of nitrogens with one attached hydrogen (secondary N) is 1. The number of aliphatic hydroxyl groups excluding tert-OH is 2. The van der Waals surface area contributed by atoms with Crippen molar-refractivity contribution in [3.05, 3.63) is 129 Å². The van der Waals surface area contributed by atoms with E-state index < -0.39 is 68.4 Å². The lowest BCUT2D eigenvalue weighted by Gasteiger charge is -2.74. The van der Waals surface area contributed by atoms with Gasteiger partial charge in [-0.3, -0.25) is 0 Å². The Balaban J connectivity index is 0.919. The fourth-order valence-electron chi connectivity index (χ4n) is 24.8. The predicted molar refractivity (Wildman–Crippen MR) is 321 cm³/mol. The first-order chi connectivity index (χ1) is 40.7. The molecule has 0 amide bonds. The van der Waals surface area contributed by atoms with E-state index in [1.54, 1.807) is 6.08 Å². The normalized spacial score (nSPS) is 46.8. The summed E-state index contributed by atoms with van der Waals surface area (Å²) in [4.78, 5) is 29.9. The molecule has 84 heavy (non-hydrogen) atoms. The molecule has 9 fully saturated rings. The summed E-state index contributed by atoms with van der Waals surface area (Å²) in [7, 11) is 1.99. The number of fused-ring (bicyclic) bond motifs is 4. The molecule has 9 heteroatoms. The van der Waals surface area contributed by atoms with Gasteiger partial charge in [0, 0.05) is 46.3 Å². The van der Waals surface area contributed by atoms with Crippen LogP contribution in [0.4, 0.5) is 0 Å². The molecule has 21 unspecified atom stereocenters. The van der Waals surface area contributed by atoms with Crippen LogP contribution in [0.3, 0.4) is 0 Å². The SMILES string of the molecule is CNC1Cc2c(cccc2CO)C#CC23CCC(Cc4cccc(c4)Cc4cccc(c4)CCC4CCC5(C4)CC4(C=O)C6CCC7(C2)C2C8=CC(=O)OC8C1CC2CC7(O)C6(O)CC1CC2C(C=CCC2C2CCCC2)CC(C5O)C14O)C3. The van der Waals surface area contributed by atoms with E-state index in [-0.39, 0.29) is 54.6 Å². The molecule has 1 heterocycles. The monoisotopic (exact) mass is 1130 g/mol. The summed E-state index contributed by atoms with van der Waals surface area (Å²) in [6.07, 6.45) is 25.7. The van der Waals surface area contributed by atoms with Gasteiger partial charge >= 0.3 is 5.97 Å². The van der Waals surface area contributed by atoms with E-state index in [9.17, 15) is 20.1 Å². The van der Waals surface area contributed by atoms with Gasteiger partial charge in [-0.2, -0.15) is 0 Å². The van der Waals surface area contributed by atoms with Gasteiger partial charge in [0.15, 0.2) is 0 Å². The molecule has 9 saturated carbocycles. The minimum absolute atomic E-state index is 0.118. The van der Waals surface area contributed by atoms with Crippen LogP contribution in [0.15, 0.2) is 90.5 Å². The minimum Gasteiger partial charge on any atom is -0.454 e. The van der Waals surface area contributed by atoms with Gasteiger partial charge < -0.3 is 40.4 Å². The molecule has 444 valence electrons. The third kappa shape index (κ3) is 7.80. The molecule has 0 radical (unpaired) electrons. The average Bonchev–Trinajstić information content (AvgIpc) is 1.22. The number of ether oxygens (including phenoxy) is 1. The molecule has 0 aromatic heterocycles. The van der Waals surface area contributed by atoms with E-state index in [2.05, 4.69) is 83.9 Å². The summed E-state index contributed by atoms with van der Waals surface area (Å²) in [5.74, 6) is 7.13. The maximum Gasteiger partial charge on any atom is 0.331 e. The van der Waals surface area contributed by atoms with E-state index in [1.165, 1.54) is 47.9 Å². The Morgan fingerprint density at radius 3 is 2.37 bits per heavy atom. The largest absolute Gasteiger partial charge is 0.454 e. The minimum atomic E-state index is -1.80. The van der Waals surface area contributed by atoms with Gasteiger partial charge in [-0.1, -0.05) is 110 Å². The number of carbonyl (C=O) groups excluding carboxylic acids is 2. The van der Waals surface area contributed by atoms with Crippen molar-refractivity contribution >= 4 is 12.3 Å². The van der Waals surface area contributed by atoms with Gasteiger partial charge in [0.2, 0.25) is 0 Å². The van der Waals surface area contributed by atoms with Crippen LogP contribution in [0, 0.1) is 105 Å². The maximum absolute atomic E-state index is 15.6. The highest BCUT2D eigenvalue weighted by Gasteiger charge is 2.85. The first-order valence-corrected chi connectivity index (χ1v) is 33.7. The van der Waals surface area contributed by atoms with Crippen molar-refractivity contribution < 1.29 is 39.9 Å². The number of hydrogen-bond acceptors (Lipinski definition) is 9. The van der Waals surface area contributed by atoms with Crippen molar-refractivity contribution in [3.63, 3.8) is 0 Å². The topological polar surface area (TPSA) is 157 Å². The fraction of sp³-hybridized carbons (Fsp3) is 0.653. The Morgan fingerprint density at radius 1 is 0.774 bits per heavy atom. The Hall–Kier alpha value is -4.40. The number of rotatable bonds is 4. The number of aryl methyl sites for hydroxylation is 1. The van der Waals surface area contributed by atoms with Crippen molar-refractivity contribution in [1.82, 2.24) is 5.32 Å². The standard InChI is InChI=1S/C75H91NO8/c1-76-63-35-58-52(14-6-16-54(58)41-77)22-25-69-24-20-50(37-69)31-49-11-5-10-48(30-49)29-47-9-4-8-45(28-47)18-19-46-21-26-70(38-46)43-72(44-78)64-23-27-71(42-69)66-55(32-60(63)67-61(66)36-65(79)84-67)39-74(71,82)73(64,81)40-56-34-59-53(33-62(68(70)80)75(56,72)83)15-7-17-57(59)51-12-2-3-13-51/h4-11,14-16,28,30,36,44,46,50-51,53,55-57,59-60,62-64,66-68,76-77,80-83H,2-3,12-13,17-21,23-24,26-27,29,31-35,37-43H2,1H3. The molecule has 3 aromatic rings. The van der Waals surface area contributed by atoms with Gasteiger partial charge in [0.05, 0.1) is 29.3 Å². The Morgan fingerprint density at radius 2 is 1.56 bits per heavy atom. The summed E-state index contributed by atoms with van der Waals surface area (Å²) in [6, 6.07) is 24.3. The lowest BCUT2D eigenvalue weighted by molar-refractivity contribution is -0.356. The van der Waals surface area contributed by atoms with E-state index in [1.807, 2.05) is 19.2 Å². The lowest BCUT2D eigenvalue weighted by Crippen LogP contribution is -2.82. The number of likely N-dealkylation sites (N-methyl/N-ethyl adjacent to an activating group) is 1. The zero-order chi connectivity index (χ0) is 57.2. The number of aldehydes is 1. The summed E-state index contributed by atoms with van der Waals surface area (Å²) in [6.45, 7) is -0.118. The third-order valence-electron chi connectivity index (χ3n) is 27.8. The molecule has 3 aromatic carbocycles. The Labute approximate surface area is 498 Å². The summed E-state index contributed by atoms with van der Waals surface area (Å²) < 4.78 is 6.59. The number of hydrogen-bond donors (Lipinski definition) is 6. The second-order valence-corrected chi connectivity index (χ2v) is 31.2. The lowest BCUT2D eigenvalue weighted by atomic mass is 9.33. The van der Waals surface area contributed by atoms with Gasteiger partial charge in [0.1, 0.15) is 18.0 Å². The van der Waals surface area contributed by atoms with Gasteiger partial charge in [-0.15, -0.1) is 0 Å². The van der Waals surface area contributed by atoms with Crippen molar-refractivity contribution in [1.29, 1.82) is 0 Å². The van der Waals surface area contributed by atoms with Crippen molar-refractivity contribution in [2.45, 2.75) is 202 Å². The highest BCUT2D eigenvalue weighted by Crippen LogP contribution is 2.80. The molecule has 6 N–H and O–H groups in total. The van der Waals surface area contributed by atoms with Crippen molar-refractivity contribution in [2.24, 2.45) is 92.7 Å². The molecular formula is C75H91NO8. The molecule has 15 aliphatic rings. The number of aliphatic hydroxyl groups is 5. The molecule has 1 aliphatic heterocycles. The first-order valence-electron chi connectivity index (χ1n) is 33.7. The zero-order valence-corrected chi connectivity index (χ0v) is 49.7. The fourth-order valence-corrected chi connectivity index (χ4v) is 24.8. The molecule has 0 saturated heterocycles. The maximum atomic E-state index is 15.6. The van der Waals surface area contributed by atoms with E-state index in [0.29, 0.717) is 81.5 Å². The number of allylic oxidation sites excluding steroid dienone is 2. The van der Waals surface area contributed by atoms with Gasteiger partial charge in [0.25, 0.3) is 0 Å². The highest BCUT2D eigenvalue weighted by molar-refractivity contribution is 5.86. The molecule has 15 bridgehead atoms. The van der Waals surface area contributed by atoms with Crippen LogP contribution < -0.4 is 5.32 Å². The second kappa shape index (κ2) is 19.8. The van der Waals surface area contributed by atoms with Gasteiger partial charge in [-0.05, 0) is 246 Å². The van der Waals surface area contributed by atoms with Gasteiger partial charge in [-0.25, -0.2) is 4.79 Å². The molecular weight excluding hydrogens is 1040 g/mol. The molecule has 18 rings (SSSR count). The zero-order valence-electron chi connectivity index (χ0n) is 49.7. The van der Waals surface area contributed by atoms with Crippen LogP contribution >= 0.6 is 0 Å². The number of esters is 1. The van der Waals surface area contributed by atoms with E-state index in [0.717, 1.165) is 99.2 Å². The highest BCUT2D eigenvalue weighted by atomic mass is 16.5. The third-order valence-corrected chi connectivity index (χ3v) is 27.8. The molecule has 3 spiro atoms. The van der Waals surface area contributed by atoms with Crippen LogP contribution in [-0.2, 0) is 46.6 Å². The smallest absolute Gasteiger partial charge is 0.331 e. The number of benzene rings is 3. The number of carbonyl (C=O) groups is 2. The predicted octanol–water partition coefficient (Wildman–Crippen LogP) is 10.9. The summed E-state index contributed by atoms with van der Waals surface area (Å²) in [5.41, 5.74) is 0.163. The average molecular weight is 1130 g/mol. The van der Waals surface area contributed by atoms with Crippen LogP contribution in [-0.4, -0.2) is 79.9 Å². The molecule has 21 atom stereocenters. The summed E-state index contributed by atoms with van der Waals surface area (Å²) in [5, 5.41) is 74.1. The first kappa shape index (κ1) is 55.0. The summed E-state index contributed by atoms with van der Waals surface area (Å²) >= 11 is 0. The van der Waals surface area contributed by atoms with Crippen molar-refractivity contribution in [2.75, 3.05) is 7.05 Å². The van der Waals surface area contributed by atoms with Crippen LogP contribution in [0.1, 0.15) is 174 Å². The Bertz CT molecular complexity index is 3280. The van der Waals surface area contributed by atoms with E-state index >= 15 is 15.0 Å². The van der Waals surface area contributed by atoms with E-state index in [4.69, 9.17) is 4.74 Å². The van der Waals surface area contributed by atoms with Crippen LogP contribution in [0.25, 0.3) is 0 Å². The quantitative estimate of drug-likeness (QED) is 0.0648. The van der Waals surface area contributed by atoms with Crippen molar-refractivity contribution in [3.8, 4) is 11.8 Å². The van der Waals surface area contributed by atoms with Crippen LogP contribution in [0.5, 0.6) is 0 Å². The van der Waals surface area contributed by atoms with Crippen LogP contribution in [0.2, 0.25) is 0 Å². The molecule has 14 aliphatic carbocycles. The molecule has 9 nitrogen and oxygen atoms in total. The second-order valence-electron chi connectivity index (χ2n) is 31.2. The Kier molecular flexibility index (Phi) is 13.0.